The molecule has 1 N–H and O–H groups in total. The zero-order valence-electron chi connectivity index (χ0n) is 7.58. The molecule has 0 amide bonds. The van der Waals surface area contributed by atoms with Gasteiger partial charge in [-0.3, -0.25) is 4.79 Å². The quantitative estimate of drug-likeness (QED) is 0.618. The molecule has 15 heavy (non-hydrogen) atoms. The molecule has 0 fully saturated rings. The largest absolute Gasteiger partial charge is 0.464 e. The van der Waals surface area contributed by atoms with Gasteiger partial charge in [0.1, 0.15) is 11.4 Å². The van der Waals surface area contributed by atoms with Crippen LogP contribution in [0.15, 0.2) is 28.9 Å². The van der Waals surface area contributed by atoms with Gasteiger partial charge in [0.15, 0.2) is 6.29 Å². The predicted molar refractivity (Wildman–Crippen MR) is 53.4 cm³/mol. The Bertz CT molecular complexity index is 666. The Morgan fingerprint density at radius 1 is 1.33 bits per heavy atom. The van der Waals surface area contributed by atoms with E-state index in [-0.39, 0.29) is 5.82 Å². The van der Waals surface area contributed by atoms with E-state index in [2.05, 4.69) is 4.98 Å². The molecule has 0 radical (unpaired) electrons. The molecule has 0 saturated carbocycles. The number of aldehydes is 1. The number of H-pyrrole nitrogens is 1. The van der Waals surface area contributed by atoms with Gasteiger partial charge in [-0.15, -0.1) is 0 Å². The monoisotopic (exact) mass is 203 g/mol. The molecule has 0 atom stereocenters. The molecule has 0 aliphatic rings. The summed E-state index contributed by atoms with van der Waals surface area (Å²) in [7, 11) is 0. The minimum absolute atomic E-state index is 0.356. The van der Waals surface area contributed by atoms with Crippen molar-refractivity contribution < 1.29 is 13.6 Å². The van der Waals surface area contributed by atoms with Crippen LogP contribution in [-0.4, -0.2) is 11.3 Å². The molecule has 0 spiro atoms. The highest BCUT2D eigenvalue weighted by Crippen LogP contribution is 2.28. The first-order valence-corrected chi connectivity index (χ1v) is 4.43. The predicted octanol–water partition coefficient (Wildman–Crippen LogP) is 2.87. The third kappa shape index (κ3) is 1.01. The lowest BCUT2D eigenvalue weighted by atomic mass is 10.2. The third-order valence-electron chi connectivity index (χ3n) is 2.43. The highest BCUT2D eigenvalue weighted by atomic mass is 19.1. The molecule has 1 aromatic carbocycles. The second-order valence-electron chi connectivity index (χ2n) is 3.33. The minimum Gasteiger partial charge on any atom is -0.464 e. The van der Waals surface area contributed by atoms with E-state index in [9.17, 15) is 9.18 Å². The number of aromatic nitrogens is 1. The van der Waals surface area contributed by atoms with E-state index in [4.69, 9.17) is 4.42 Å². The van der Waals surface area contributed by atoms with E-state index in [0.717, 1.165) is 5.39 Å². The van der Waals surface area contributed by atoms with Gasteiger partial charge in [0.2, 0.25) is 0 Å². The zero-order valence-corrected chi connectivity index (χ0v) is 7.58. The Morgan fingerprint density at radius 2 is 2.20 bits per heavy atom. The minimum atomic E-state index is -0.356. The first kappa shape index (κ1) is 8.23. The Hall–Kier alpha value is -2.10. The van der Waals surface area contributed by atoms with Crippen LogP contribution in [-0.2, 0) is 0 Å². The number of benzene rings is 1. The van der Waals surface area contributed by atoms with Crippen LogP contribution in [0.1, 0.15) is 10.5 Å². The molecule has 4 heteroatoms. The summed E-state index contributed by atoms with van der Waals surface area (Å²) in [5, 5.41) is 1.15. The standard InChI is InChI=1S/C11H6FNO2/c12-9-4-10-8(3-6(5-14)13-10)11-7(9)1-2-15-11/h1-5,13H. The number of rotatable bonds is 1. The molecule has 0 aliphatic carbocycles. The summed E-state index contributed by atoms with van der Waals surface area (Å²) in [6, 6.07) is 4.57. The summed E-state index contributed by atoms with van der Waals surface area (Å²) < 4.78 is 18.7. The van der Waals surface area contributed by atoms with Crippen LogP contribution in [0.3, 0.4) is 0 Å². The smallest absolute Gasteiger partial charge is 0.166 e. The summed E-state index contributed by atoms with van der Waals surface area (Å²) in [5.74, 6) is -0.356. The summed E-state index contributed by atoms with van der Waals surface area (Å²) in [4.78, 5) is 13.4. The lowest BCUT2D eigenvalue weighted by molar-refractivity contribution is 0.112. The Labute approximate surface area is 83.5 Å². The van der Waals surface area contributed by atoms with E-state index in [1.807, 2.05) is 0 Å². The second-order valence-corrected chi connectivity index (χ2v) is 3.33. The van der Waals surface area contributed by atoms with Crippen LogP contribution in [0, 0.1) is 5.82 Å². The van der Waals surface area contributed by atoms with Crippen molar-refractivity contribution >= 4 is 28.2 Å². The Kier molecular flexibility index (Phi) is 1.48. The number of carbonyl (C=O) groups is 1. The van der Waals surface area contributed by atoms with E-state index in [0.29, 0.717) is 28.5 Å². The van der Waals surface area contributed by atoms with Crippen LogP contribution in [0.4, 0.5) is 4.39 Å². The molecule has 0 bridgehead atoms. The van der Waals surface area contributed by atoms with Crippen molar-refractivity contribution in [2.75, 3.05) is 0 Å². The maximum Gasteiger partial charge on any atom is 0.166 e. The second kappa shape index (κ2) is 2.70. The lowest BCUT2D eigenvalue weighted by Crippen LogP contribution is -1.77. The number of carbonyl (C=O) groups excluding carboxylic acids is 1. The van der Waals surface area contributed by atoms with Gasteiger partial charge in [-0.25, -0.2) is 4.39 Å². The van der Waals surface area contributed by atoms with Crippen molar-refractivity contribution in [3.8, 4) is 0 Å². The van der Waals surface area contributed by atoms with E-state index >= 15 is 0 Å². The van der Waals surface area contributed by atoms with Gasteiger partial charge in [-0.2, -0.15) is 0 Å². The van der Waals surface area contributed by atoms with Crippen LogP contribution in [0.25, 0.3) is 21.9 Å². The highest BCUT2D eigenvalue weighted by molar-refractivity contribution is 6.05. The molecular weight excluding hydrogens is 197 g/mol. The molecule has 0 aliphatic heterocycles. The normalized spacial score (nSPS) is 11.3. The molecule has 0 unspecified atom stereocenters. The number of fused-ring (bicyclic) bond motifs is 3. The van der Waals surface area contributed by atoms with Crippen LogP contribution < -0.4 is 0 Å². The van der Waals surface area contributed by atoms with Crippen molar-refractivity contribution in [1.82, 2.24) is 4.98 Å². The Morgan fingerprint density at radius 3 is 3.00 bits per heavy atom. The van der Waals surface area contributed by atoms with E-state index in [1.165, 1.54) is 12.3 Å². The number of halogens is 1. The van der Waals surface area contributed by atoms with Crippen molar-refractivity contribution in [3.05, 3.63) is 36.0 Å². The topological polar surface area (TPSA) is 46.0 Å². The van der Waals surface area contributed by atoms with Gasteiger partial charge in [-0.1, -0.05) is 0 Å². The number of nitrogens with one attached hydrogen (secondary N) is 1. The first-order valence-electron chi connectivity index (χ1n) is 4.43. The third-order valence-corrected chi connectivity index (χ3v) is 2.43. The van der Waals surface area contributed by atoms with Gasteiger partial charge in [0.05, 0.1) is 22.9 Å². The van der Waals surface area contributed by atoms with E-state index in [1.54, 1.807) is 12.1 Å². The number of aromatic amines is 1. The molecule has 0 saturated heterocycles. The zero-order chi connectivity index (χ0) is 10.4. The van der Waals surface area contributed by atoms with Crippen LogP contribution >= 0.6 is 0 Å². The highest BCUT2D eigenvalue weighted by Gasteiger charge is 2.11. The number of hydrogen-bond donors (Lipinski definition) is 1. The van der Waals surface area contributed by atoms with Crippen molar-refractivity contribution in [1.29, 1.82) is 0 Å². The molecular formula is C11H6FNO2. The fraction of sp³-hybridized carbons (Fsp3) is 0. The number of furan rings is 1. The molecule has 2 heterocycles. The molecule has 74 valence electrons. The molecule has 2 aromatic heterocycles. The van der Waals surface area contributed by atoms with Crippen LogP contribution in [0.2, 0.25) is 0 Å². The van der Waals surface area contributed by atoms with Crippen molar-refractivity contribution in [2.45, 2.75) is 0 Å². The molecule has 3 rings (SSSR count). The maximum atomic E-state index is 13.5. The summed E-state index contributed by atoms with van der Waals surface area (Å²) in [5.41, 5.74) is 1.44. The summed E-state index contributed by atoms with van der Waals surface area (Å²) >= 11 is 0. The van der Waals surface area contributed by atoms with Gasteiger partial charge >= 0.3 is 0 Å². The Balaban J connectivity index is 2.57. The summed E-state index contributed by atoms with van der Waals surface area (Å²) in [6.45, 7) is 0. The SMILES string of the molecule is O=Cc1cc2c(cc(F)c3ccoc32)[nH]1. The average Bonchev–Trinajstić information content (AvgIpc) is 2.80. The maximum absolute atomic E-state index is 13.5. The average molecular weight is 203 g/mol. The van der Waals surface area contributed by atoms with Crippen molar-refractivity contribution in [2.24, 2.45) is 0 Å². The summed E-state index contributed by atoms with van der Waals surface area (Å²) in [6.07, 6.45) is 2.12. The van der Waals surface area contributed by atoms with Crippen LogP contribution in [0.5, 0.6) is 0 Å². The van der Waals surface area contributed by atoms with Crippen molar-refractivity contribution in [3.63, 3.8) is 0 Å². The fourth-order valence-corrected chi connectivity index (χ4v) is 1.77. The lowest BCUT2D eigenvalue weighted by Gasteiger charge is -1.93. The fourth-order valence-electron chi connectivity index (χ4n) is 1.77. The van der Waals surface area contributed by atoms with E-state index < -0.39 is 0 Å². The van der Waals surface area contributed by atoms with Gasteiger partial charge < -0.3 is 9.40 Å². The molecule has 3 aromatic rings. The van der Waals surface area contributed by atoms with Gasteiger partial charge in [0, 0.05) is 5.39 Å². The van der Waals surface area contributed by atoms with Gasteiger partial charge in [0.25, 0.3) is 0 Å². The molecule has 3 nitrogen and oxygen atoms in total. The first-order chi connectivity index (χ1) is 7.29. The number of hydrogen-bond acceptors (Lipinski definition) is 2. The van der Waals surface area contributed by atoms with Gasteiger partial charge in [-0.05, 0) is 18.2 Å².